The van der Waals surface area contributed by atoms with Crippen molar-refractivity contribution >= 4 is 11.7 Å². The van der Waals surface area contributed by atoms with Gasteiger partial charge in [0.2, 0.25) is 0 Å². The average Bonchev–Trinajstić information content (AvgIpc) is 3.27. The number of hydrogen-bond donors (Lipinski definition) is 2. The van der Waals surface area contributed by atoms with Crippen LogP contribution in [-0.4, -0.2) is 62.9 Å². The van der Waals surface area contributed by atoms with Crippen molar-refractivity contribution in [3.8, 4) is 0 Å². The molecule has 2 aliphatic heterocycles. The Morgan fingerprint density at radius 2 is 1.61 bits per heavy atom. The molecule has 5 nitrogen and oxygen atoms in total. The highest BCUT2D eigenvalue weighted by Crippen LogP contribution is 2.24. The number of carbonyl (C=O) groups is 1. The van der Waals surface area contributed by atoms with Crippen molar-refractivity contribution < 1.29 is 22.4 Å². The molecule has 2 saturated heterocycles. The monoisotopic (exact) mass is 402 g/mol. The van der Waals surface area contributed by atoms with Gasteiger partial charge in [-0.05, 0) is 55.5 Å². The van der Waals surface area contributed by atoms with E-state index in [9.17, 15) is 22.4 Å². The Balaban J connectivity index is 1.31. The number of urea groups is 1. The van der Waals surface area contributed by atoms with Gasteiger partial charge in [0, 0.05) is 38.4 Å². The molecular formula is C19H26F4N4O. The molecule has 2 amide bonds. The lowest BCUT2D eigenvalue weighted by Crippen LogP contribution is -2.41. The highest BCUT2D eigenvalue weighted by Gasteiger charge is 2.34. The van der Waals surface area contributed by atoms with Crippen LogP contribution in [0.1, 0.15) is 12.8 Å². The summed E-state index contributed by atoms with van der Waals surface area (Å²) in [6.07, 6.45) is -2.58. The zero-order valence-corrected chi connectivity index (χ0v) is 15.6. The normalized spacial score (nSPS) is 23.2. The van der Waals surface area contributed by atoms with Gasteiger partial charge in [0.25, 0.3) is 0 Å². The molecule has 1 aromatic rings. The molecule has 0 aromatic heterocycles. The van der Waals surface area contributed by atoms with Gasteiger partial charge in [-0.3, -0.25) is 4.90 Å². The summed E-state index contributed by atoms with van der Waals surface area (Å²) >= 11 is 0. The SMILES string of the molecule is O=C(NC[C@H]1CCN(CC(F)(F)F)C1)NC[C@@H]1CCN(c2ccc(F)cc2)C1. The summed E-state index contributed by atoms with van der Waals surface area (Å²) in [7, 11) is 0. The molecule has 0 bridgehead atoms. The minimum Gasteiger partial charge on any atom is -0.371 e. The molecule has 2 heterocycles. The Morgan fingerprint density at radius 3 is 2.25 bits per heavy atom. The van der Waals surface area contributed by atoms with Gasteiger partial charge in [-0.2, -0.15) is 13.2 Å². The maximum atomic E-state index is 13.0. The Labute approximate surface area is 162 Å². The maximum Gasteiger partial charge on any atom is 0.401 e. The molecule has 1 aromatic carbocycles. The van der Waals surface area contributed by atoms with Gasteiger partial charge in [-0.15, -0.1) is 0 Å². The van der Waals surface area contributed by atoms with Crippen LogP contribution in [-0.2, 0) is 0 Å². The summed E-state index contributed by atoms with van der Waals surface area (Å²) in [5.74, 6) is 0.0970. The summed E-state index contributed by atoms with van der Waals surface area (Å²) in [5.41, 5.74) is 0.970. The van der Waals surface area contributed by atoms with Crippen LogP contribution in [0.3, 0.4) is 0 Å². The van der Waals surface area contributed by atoms with E-state index in [1.54, 1.807) is 12.1 Å². The van der Waals surface area contributed by atoms with E-state index in [0.29, 0.717) is 38.5 Å². The molecule has 3 rings (SSSR count). The van der Waals surface area contributed by atoms with Crippen molar-refractivity contribution in [2.24, 2.45) is 11.8 Å². The smallest absolute Gasteiger partial charge is 0.371 e. The minimum atomic E-state index is -4.18. The third-order valence-electron chi connectivity index (χ3n) is 5.35. The second kappa shape index (κ2) is 8.98. The Bertz CT molecular complexity index is 652. The molecule has 9 heteroatoms. The Hall–Kier alpha value is -2.03. The fraction of sp³-hybridized carbons (Fsp3) is 0.632. The number of nitrogens with zero attached hydrogens (tertiary/aromatic N) is 2. The summed E-state index contributed by atoms with van der Waals surface area (Å²) < 4.78 is 50.2. The van der Waals surface area contributed by atoms with Crippen molar-refractivity contribution in [3.63, 3.8) is 0 Å². The first kappa shape index (κ1) is 20.7. The number of alkyl halides is 3. The summed E-state index contributed by atoms with van der Waals surface area (Å²) in [6.45, 7) is 2.45. The van der Waals surface area contributed by atoms with E-state index in [4.69, 9.17) is 0 Å². The first-order chi connectivity index (χ1) is 13.3. The zero-order valence-electron chi connectivity index (χ0n) is 15.6. The highest BCUT2D eigenvalue weighted by molar-refractivity contribution is 5.73. The molecule has 156 valence electrons. The molecule has 0 unspecified atom stereocenters. The van der Waals surface area contributed by atoms with Crippen LogP contribution in [0.15, 0.2) is 24.3 Å². The van der Waals surface area contributed by atoms with Gasteiger partial charge in [-0.25, -0.2) is 9.18 Å². The third-order valence-corrected chi connectivity index (χ3v) is 5.35. The lowest BCUT2D eigenvalue weighted by molar-refractivity contribution is -0.143. The van der Waals surface area contributed by atoms with Gasteiger partial charge in [0.15, 0.2) is 0 Å². The topological polar surface area (TPSA) is 47.6 Å². The van der Waals surface area contributed by atoms with E-state index in [-0.39, 0.29) is 17.8 Å². The van der Waals surface area contributed by atoms with Crippen LogP contribution in [0.25, 0.3) is 0 Å². The number of halogens is 4. The number of anilines is 1. The van der Waals surface area contributed by atoms with Crippen LogP contribution in [0.5, 0.6) is 0 Å². The van der Waals surface area contributed by atoms with Crippen LogP contribution in [0.2, 0.25) is 0 Å². The van der Waals surface area contributed by atoms with Crippen molar-refractivity contribution in [1.82, 2.24) is 15.5 Å². The molecule has 2 fully saturated rings. The lowest BCUT2D eigenvalue weighted by Gasteiger charge is -2.19. The van der Waals surface area contributed by atoms with E-state index < -0.39 is 12.7 Å². The standard InChI is InChI=1S/C19H26F4N4O/c20-16-1-3-17(4-2-16)27-8-6-15(12-27)10-25-18(28)24-9-14-5-7-26(11-14)13-19(21,22)23/h1-4,14-15H,5-13H2,(H2,24,25,28)/t14-,15+/m1/s1. The molecule has 2 aliphatic rings. The third kappa shape index (κ3) is 6.25. The predicted molar refractivity (Wildman–Crippen MR) is 98.7 cm³/mol. The van der Waals surface area contributed by atoms with E-state index in [1.165, 1.54) is 17.0 Å². The quantitative estimate of drug-likeness (QED) is 0.720. The van der Waals surface area contributed by atoms with Gasteiger partial charge in [0.1, 0.15) is 5.82 Å². The minimum absolute atomic E-state index is 0.0496. The lowest BCUT2D eigenvalue weighted by atomic mass is 10.1. The van der Waals surface area contributed by atoms with Gasteiger partial charge >= 0.3 is 12.2 Å². The molecule has 0 radical (unpaired) electrons. The maximum absolute atomic E-state index is 13.0. The molecular weight excluding hydrogens is 376 g/mol. The molecule has 0 spiro atoms. The van der Waals surface area contributed by atoms with Gasteiger partial charge in [-0.1, -0.05) is 0 Å². The predicted octanol–water partition coefficient (Wildman–Crippen LogP) is 2.84. The number of carbonyl (C=O) groups excluding carboxylic acids is 1. The van der Waals surface area contributed by atoms with E-state index >= 15 is 0 Å². The van der Waals surface area contributed by atoms with Crippen LogP contribution < -0.4 is 15.5 Å². The highest BCUT2D eigenvalue weighted by atomic mass is 19.4. The number of likely N-dealkylation sites (tertiary alicyclic amines) is 1. The summed E-state index contributed by atoms with van der Waals surface area (Å²) in [4.78, 5) is 15.5. The number of benzene rings is 1. The van der Waals surface area contributed by atoms with Crippen LogP contribution in [0, 0.1) is 17.7 Å². The number of rotatable bonds is 6. The van der Waals surface area contributed by atoms with Gasteiger partial charge in [0.05, 0.1) is 6.54 Å². The number of hydrogen-bond acceptors (Lipinski definition) is 3. The van der Waals surface area contributed by atoms with Crippen LogP contribution in [0.4, 0.5) is 28.0 Å². The summed E-state index contributed by atoms with van der Waals surface area (Å²) in [6, 6.07) is 6.10. The molecule has 28 heavy (non-hydrogen) atoms. The van der Waals surface area contributed by atoms with E-state index in [1.807, 2.05) is 0 Å². The second-order valence-electron chi connectivity index (χ2n) is 7.67. The van der Waals surface area contributed by atoms with Crippen LogP contribution >= 0.6 is 0 Å². The summed E-state index contributed by atoms with van der Waals surface area (Å²) in [5, 5.41) is 5.62. The molecule has 2 N–H and O–H groups in total. The fourth-order valence-corrected chi connectivity index (χ4v) is 3.90. The zero-order chi connectivity index (χ0) is 20.1. The molecule has 2 atom stereocenters. The van der Waals surface area contributed by atoms with Crippen molar-refractivity contribution in [2.45, 2.75) is 19.0 Å². The average molecular weight is 402 g/mol. The second-order valence-corrected chi connectivity index (χ2v) is 7.67. The van der Waals surface area contributed by atoms with E-state index in [2.05, 4.69) is 15.5 Å². The van der Waals surface area contributed by atoms with E-state index in [0.717, 1.165) is 25.2 Å². The van der Waals surface area contributed by atoms with Crippen molar-refractivity contribution in [2.75, 3.05) is 50.7 Å². The Kier molecular flexibility index (Phi) is 6.64. The number of nitrogens with one attached hydrogen (secondary N) is 2. The molecule has 0 aliphatic carbocycles. The Morgan fingerprint density at radius 1 is 1.00 bits per heavy atom. The van der Waals surface area contributed by atoms with Crippen molar-refractivity contribution in [3.05, 3.63) is 30.1 Å². The van der Waals surface area contributed by atoms with Gasteiger partial charge < -0.3 is 15.5 Å². The first-order valence-corrected chi connectivity index (χ1v) is 9.60. The largest absolute Gasteiger partial charge is 0.401 e. The first-order valence-electron chi connectivity index (χ1n) is 9.60. The van der Waals surface area contributed by atoms with Crippen molar-refractivity contribution in [1.29, 1.82) is 0 Å². The number of amides is 2. The fourth-order valence-electron chi connectivity index (χ4n) is 3.90. The molecule has 0 saturated carbocycles.